The van der Waals surface area contributed by atoms with Gasteiger partial charge >= 0.3 is 0 Å². The molecule has 2 aromatic heterocycles. The van der Waals surface area contributed by atoms with E-state index in [0.29, 0.717) is 13.2 Å². The maximum atomic E-state index is 5.69. The highest BCUT2D eigenvalue weighted by Gasteiger charge is 2.15. The minimum absolute atomic E-state index is 0.427. The molecule has 6 heteroatoms. The largest absolute Gasteiger partial charge is 0.484 e. The molecule has 3 heterocycles. The van der Waals surface area contributed by atoms with Crippen LogP contribution in [0.4, 0.5) is 0 Å². The van der Waals surface area contributed by atoms with Crippen molar-refractivity contribution in [3.05, 3.63) is 35.7 Å². The molecule has 2 N–H and O–H groups in total. The molecule has 0 radical (unpaired) electrons. The molecule has 0 aliphatic carbocycles. The molecule has 6 nitrogen and oxygen atoms in total. The summed E-state index contributed by atoms with van der Waals surface area (Å²) in [5.74, 6) is 2.68. The summed E-state index contributed by atoms with van der Waals surface area (Å²) in [4.78, 5) is 4.19. The first-order chi connectivity index (χ1) is 9.36. The Bertz CT molecular complexity index is 549. The number of nitrogens with two attached hydrogens (primary N) is 1. The number of pyridine rings is 1. The van der Waals surface area contributed by atoms with E-state index in [-0.39, 0.29) is 0 Å². The number of hydrogen-bond acceptors (Lipinski definition) is 5. The Labute approximate surface area is 111 Å². The average molecular weight is 259 g/mol. The summed E-state index contributed by atoms with van der Waals surface area (Å²) in [5.41, 5.74) is 6.36. The highest BCUT2D eigenvalue weighted by atomic mass is 16.5. The van der Waals surface area contributed by atoms with E-state index >= 15 is 0 Å². The molecule has 0 fully saturated rings. The second-order valence-corrected chi connectivity index (χ2v) is 4.62. The summed E-state index contributed by atoms with van der Waals surface area (Å²) in [5, 5.41) is 8.39. The van der Waals surface area contributed by atoms with Gasteiger partial charge in [0, 0.05) is 19.5 Å². The van der Waals surface area contributed by atoms with Crippen LogP contribution in [0.1, 0.15) is 30.2 Å². The van der Waals surface area contributed by atoms with Gasteiger partial charge in [0.15, 0.2) is 5.82 Å². The molecular weight excluding hydrogens is 242 g/mol. The van der Waals surface area contributed by atoms with Crippen molar-refractivity contribution in [2.24, 2.45) is 5.73 Å². The van der Waals surface area contributed by atoms with Crippen LogP contribution in [-0.2, 0) is 26.1 Å². The molecule has 0 bridgehead atoms. The van der Waals surface area contributed by atoms with E-state index in [2.05, 4.69) is 19.7 Å². The van der Waals surface area contributed by atoms with Crippen molar-refractivity contribution in [1.29, 1.82) is 0 Å². The van der Waals surface area contributed by atoms with Gasteiger partial charge in [0.05, 0.1) is 11.9 Å². The summed E-state index contributed by atoms with van der Waals surface area (Å²) in [6.45, 7) is 1.86. The first kappa shape index (κ1) is 12.1. The fourth-order valence-electron chi connectivity index (χ4n) is 2.24. The van der Waals surface area contributed by atoms with E-state index in [0.717, 1.165) is 36.1 Å². The van der Waals surface area contributed by atoms with E-state index < -0.39 is 0 Å². The number of aryl methyl sites for hydroxylation is 1. The third kappa shape index (κ3) is 2.58. The molecule has 100 valence electrons. The zero-order chi connectivity index (χ0) is 13.1. The number of fused-ring (bicyclic) bond motifs is 1. The van der Waals surface area contributed by atoms with Gasteiger partial charge < -0.3 is 15.0 Å². The van der Waals surface area contributed by atoms with Crippen molar-refractivity contribution in [3.8, 4) is 5.75 Å². The van der Waals surface area contributed by atoms with E-state index in [1.54, 1.807) is 6.20 Å². The molecule has 0 saturated carbocycles. The second kappa shape index (κ2) is 5.36. The molecular formula is C13H17N5O. The first-order valence-corrected chi connectivity index (χ1v) is 6.55. The molecule has 19 heavy (non-hydrogen) atoms. The van der Waals surface area contributed by atoms with Gasteiger partial charge in [-0.25, -0.2) is 0 Å². The van der Waals surface area contributed by atoms with Crippen LogP contribution in [0.5, 0.6) is 5.75 Å². The summed E-state index contributed by atoms with van der Waals surface area (Å²) >= 11 is 0. The van der Waals surface area contributed by atoms with Gasteiger partial charge in [-0.05, 0) is 25.0 Å². The molecule has 1 aliphatic heterocycles. The van der Waals surface area contributed by atoms with Crippen LogP contribution in [-0.4, -0.2) is 19.7 Å². The van der Waals surface area contributed by atoms with Gasteiger partial charge in [-0.15, -0.1) is 10.2 Å². The molecule has 0 atom stereocenters. The minimum atomic E-state index is 0.427. The number of rotatable bonds is 4. The van der Waals surface area contributed by atoms with Gasteiger partial charge in [-0.3, -0.25) is 4.98 Å². The smallest absolute Gasteiger partial charge is 0.171 e. The fourth-order valence-corrected chi connectivity index (χ4v) is 2.24. The van der Waals surface area contributed by atoms with Crippen molar-refractivity contribution in [2.45, 2.75) is 39.0 Å². The molecule has 0 saturated heterocycles. The van der Waals surface area contributed by atoms with Crippen LogP contribution < -0.4 is 10.5 Å². The molecule has 0 spiro atoms. The third-order valence-corrected chi connectivity index (χ3v) is 3.31. The van der Waals surface area contributed by atoms with Crippen molar-refractivity contribution < 1.29 is 4.74 Å². The fraction of sp³-hybridized carbons (Fsp3) is 0.462. The SMILES string of the molecule is NCc1ccc(OCc2nnc3n2CCCC3)cn1. The van der Waals surface area contributed by atoms with E-state index in [4.69, 9.17) is 10.5 Å². The van der Waals surface area contributed by atoms with E-state index in [9.17, 15) is 0 Å². The zero-order valence-corrected chi connectivity index (χ0v) is 10.7. The monoisotopic (exact) mass is 259 g/mol. The lowest BCUT2D eigenvalue weighted by Crippen LogP contribution is -2.14. The molecule has 0 unspecified atom stereocenters. The summed E-state index contributed by atoms with van der Waals surface area (Å²) in [6.07, 6.45) is 5.09. The maximum Gasteiger partial charge on any atom is 0.171 e. The van der Waals surface area contributed by atoms with Crippen LogP contribution >= 0.6 is 0 Å². The Kier molecular flexibility index (Phi) is 3.41. The van der Waals surface area contributed by atoms with Crippen LogP contribution in [0.2, 0.25) is 0 Å². The molecule has 3 rings (SSSR count). The molecule has 2 aromatic rings. The van der Waals surface area contributed by atoms with Crippen LogP contribution in [0.15, 0.2) is 18.3 Å². The van der Waals surface area contributed by atoms with Crippen LogP contribution in [0, 0.1) is 0 Å². The second-order valence-electron chi connectivity index (χ2n) is 4.62. The Morgan fingerprint density at radius 2 is 2.21 bits per heavy atom. The zero-order valence-electron chi connectivity index (χ0n) is 10.7. The Hall–Kier alpha value is -1.95. The van der Waals surface area contributed by atoms with Crippen molar-refractivity contribution in [3.63, 3.8) is 0 Å². The third-order valence-electron chi connectivity index (χ3n) is 3.31. The van der Waals surface area contributed by atoms with Gasteiger partial charge in [-0.1, -0.05) is 0 Å². The highest BCUT2D eigenvalue weighted by Crippen LogP contribution is 2.16. The predicted molar refractivity (Wildman–Crippen MR) is 69.4 cm³/mol. The van der Waals surface area contributed by atoms with Crippen LogP contribution in [0.3, 0.4) is 0 Å². The summed E-state index contributed by atoms with van der Waals surface area (Å²) in [7, 11) is 0. The van der Waals surface area contributed by atoms with Gasteiger partial charge in [-0.2, -0.15) is 0 Å². The normalized spacial score (nSPS) is 14.2. The predicted octanol–water partition coefficient (Wildman–Crippen LogP) is 1.05. The first-order valence-electron chi connectivity index (χ1n) is 6.55. The number of nitrogens with zero attached hydrogens (tertiary/aromatic N) is 4. The Balaban J connectivity index is 1.66. The summed E-state index contributed by atoms with van der Waals surface area (Å²) in [6, 6.07) is 3.75. The van der Waals surface area contributed by atoms with Crippen molar-refractivity contribution in [1.82, 2.24) is 19.7 Å². The maximum absolute atomic E-state index is 5.69. The van der Waals surface area contributed by atoms with Crippen molar-refractivity contribution in [2.75, 3.05) is 0 Å². The number of aromatic nitrogens is 4. The number of ether oxygens (including phenoxy) is 1. The Morgan fingerprint density at radius 1 is 1.26 bits per heavy atom. The molecule has 0 aromatic carbocycles. The lowest BCUT2D eigenvalue weighted by atomic mass is 10.2. The van der Waals surface area contributed by atoms with Gasteiger partial charge in [0.1, 0.15) is 18.2 Å². The van der Waals surface area contributed by atoms with Crippen molar-refractivity contribution >= 4 is 0 Å². The Morgan fingerprint density at radius 3 is 3.00 bits per heavy atom. The molecule has 1 aliphatic rings. The van der Waals surface area contributed by atoms with Gasteiger partial charge in [0.2, 0.25) is 0 Å². The highest BCUT2D eigenvalue weighted by molar-refractivity contribution is 5.19. The minimum Gasteiger partial charge on any atom is -0.484 e. The average Bonchev–Trinajstić information content (AvgIpc) is 2.89. The van der Waals surface area contributed by atoms with E-state index in [1.165, 1.54) is 12.8 Å². The standard InChI is InChI=1S/C13H17N5O/c14-7-10-4-5-11(8-15-10)19-9-13-17-16-12-3-1-2-6-18(12)13/h4-5,8H,1-3,6-7,9,14H2. The quantitative estimate of drug-likeness (QED) is 0.887. The number of hydrogen-bond donors (Lipinski definition) is 1. The topological polar surface area (TPSA) is 78.9 Å². The summed E-state index contributed by atoms with van der Waals surface area (Å²) < 4.78 is 7.85. The van der Waals surface area contributed by atoms with Gasteiger partial charge in [0.25, 0.3) is 0 Å². The van der Waals surface area contributed by atoms with Crippen LogP contribution in [0.25, 0.3) is 0 Å². The molecule has 0 amide bonds. The lowest BCUT2D eigenvalue weighted by molar-refractivity contribution is 0.285. The lowest BCUT2D eigenvalue weighted by Gasteiger charge is -2.14. The van der Waals surface area contributed by atoms with E-state index in [1.807, 2.05) is 12.1 Å².